The van der Waals surface area contributed by atoms with E-state index >= 15 is 0 Å². The molecular formula is C18H13N3O. The van der Waals surface area contributed by atoms with Gasteiger partial charge in [0, 0.05) is 17.1 Å². The second-order valence-electron chi connectivity index (χ2n) is 4.87. The Kier molecular flexibility index (Phi) is 3.80. The van der Waals surface area contributed by atoms with Crippen molar-refractivity contribution < 1.29 is 4.79 Å². The highest BCUT2D eigenvalue weighted by atomic mass is 16.1. The summed E-state index contributed by atoms with van der Waals surface area (Å²) in [5, 5.41) is 12.6. The second-order valence-corrected chi connectivity index (χ2v) is 4.87. The fraction of sp³-hybridized carbons (Fsp3) is 0.0556. The van der Waals surface area contributed by atoms with E-state index in [-0.39, 0.29) is 12.3 Å². The van der Waals surface area contributed by atoms with Crippen molar-refractivity contribution in [2.24, 2.45) is 0 Å². The van der Waals surface area contributed by atoms with E-state index in [0.717, 1.165) is 16.5 Å². The number of carbonyl (C=O) groups is 1. The van der Waals surface area contributed by atoms with E-state index in [1.165, 1.54) is 0 Å². The first-order valence-corrected chi connectivity index (χ1v) is 6.89. The van der Waals surface area contributed by atoms with Gasteiger partial charge in [0.25, 0.3) is 5.91 Å². The van der Waals surface area contributed by atoms with Crippen LogP contribution in [0.4, 0.5) is 5.69 Å². The molecule has 0 spiro atoms. The Morgan fingerprint density at radius 3 is 2.82 bits per heavy atom. The molecule has 3 rings (SSSR count). The number of carbonyl (C=O) groups excluding carboxylic acids is 1. The first-order chi connectivity index (χ1) is 10.8. The number of anilines is 1. The highest BCUT2D eigenvalue weighted by Crippen LogP contribution is 2.21. The molecule has 22 heavy (non-hydrogen) atoms. The lowest BCUT2D eigenvalue weighted by molar-refractivity contribution is 0.102. The van der Waals surface area contributed by atoms with Crippen molar-refractivity contribution in [3.63, 3.8) is 0 Å². The van der Waals surface area contributed by atoms with Crippen molar-refractivity contribution in [2.45, 2.75) is 6.42 Å². The fourth-order valence-corrected chi connectivity index (χ4v) is 2.31. The highest BCUT2D eigenvalue weighted by Gasteiger charge is 2.09. The van der Waals surface area contributed by atoms with Gasteiger partial charge in [0.2, 0.25) is 0 Å². The number of nitrogens with zero attached hydrogens (tertiary/aromatic N) is 2. The molecule has 3 aromatic rings. The Morgan fingerprint density at radius 2 is 1.95 bits per heavy atom. The number of rotatable bonds is 3. The summed E-state index contributed by atoms with van der Waals surface area (Å²) in [4.78, 5) is 16.7. The van der Waals surface area contributed by atoms with Crippen LogP contribution in [-0.4, -0.2) is 10.9 Å². The molecule has 106 valence electrons. The van der Waals surface area contributed by atoms with Crippen molar-refractivity contribution in [3.05, 3.63) is 71.9 Å². The van der Waals surface area contributed by atoms with Crippen LogP contribution in [0.3, 0.4) is 0 Å². The molecule has 1 N–H and O–H groups in total. The Morgan fingerprint density at radius 1 is 1.14 bits per heavy atom. The molecule has 0 unspecified atom stereocenters. The minimum absolute atomic E-state index is 0.210. The standard InChI is InChI=1S/C18H13N3O/c19-10-9-13-4-1-6-15(12-13)18(22)21-16-8-2-5-14-7-3-11-20-17(14)16/h1-8,11-12H,9H2,(H,21,22). The number of hydrogen-bond acceptors (Lipinski definition) is 3. The Bertz CT molecular complexity index is 875. The maximum absolute atomic E-state index is 12.4. The van der Waals surface area contributed by atoms with Gasteiger partial charge < -0.3 is 5.32 Å². The predicted octanol–water partition coefficient (Wildman–Crippen LogP) is 3.55. The lowest BCUT2D eigenvalue weighted by atomic mass is 10.1. The van der Waals surface area contributed by atoms with Gasteiger partial charge in [-0.05, 0) is 29.8 Å². The molecule has 1 amide bonds. The summed E-state index contributed by atoms with van der Waals surface area (Å²) < 4.78 is 0. The Labute approximate surface area is 128 Å². The Hall–Kier alpha value is -3.19. The van der Waals surface area contributed by atoms with Crippen LogP contribution in [0.1, 0.15) is 15.9 Å². The average Bonchev–Trinajstić information content (AvgIpc) is 2.56. The minimum atomic E-state index is -0.210. The van der Waals surface area contributed by atoms with E-state index in [9.17, 15) is 4.79 Å². The topological polar surface area (TPSA) is 65.8 Å². The van der Waals surface area contributed by atoms with Gasteiger partial charge in [0.15, 0.2) is 0 Å². The van der Waals surface area contributed by atoms with Crippen molar-refractivity contribution >= 4 is 22.5 Å². The molecule has 1 heterocycles. The third kappa shape index (κ3) is 2.79. The molecule has 0 radical (unpaired) electrons. The monoisotopic (exact) mass is 287 g/mol. The SMILES string of the molecule is N#CCc1cccc(C(=O)Nc2cccc3cccnc23)c1. The number of nitriles is 1. The number of hydrogen-bond donors (Lipinski definition) is 1. The molecule has 4 nitrogen and oxygen atoms in total. The van der Waals surface area contributed by atoms with E-state index in [4.69, 9.17) is 5.26 Å². The molecule has 1 aromatic heterocycles. The fourth-order valence-electron chi connectivity index (χ4n) is 2.31. The molecule has 0 aliphatic heterocycles. The summed E-state index contributed by atoms with van der Waals surface area (Å²) in [7, 11) is 0. The predicted molar refractivity (Wildman–Crippen MR) is 85.5 cm³/mol. The van der Waals surface area contributed by atoms with Crippen LogP contribution in [0.25, 0.3) is 10.9 Å². The van der Waals surface area contributed by atoms with Crippen LogP contribution >= 0.6 is 0 Å². The lowest BCUT2D eigenvalue weighted by Gasteiger charge is -2.08. The molecule has 0 saturated heterocycles. The molecule has 0 atom stereocenters. The number of para-hydroxylation sites is 1. The van der Waals surface area contributed by atoms with Gasteiger partial charge in [-0.25, -0.2) is 0 Å². The summed E-state index contributed by atoms with van der Waals surface area (Å²) >= 11 is 0. The maximum atomic E-state index is 12.4. The zero-order valence-corrected chi connectivity index (χ0v) is 11.8. The molecule has 0 bridgehead atoms. The van der Waals surface area contributed by atoms with Crippen LogP contribution in [0.5, 0.6) is 0 Å². The first-order valence-electron chi connectivity index (χ1n) is 6.89. The van der Waals surface area contributed by atoms with Crippen LogP contribution in [0, 0.1) is 11.3 Å². The van der Waals surface area contributed by atoms with E-state index in [1.54, 1.807) is 24.4 Å². The summed E-state index contributed by atoms with van der Waals surface area (Å²) in [6, 6.07) is 18.6. The molecule has 0 saturated carbocycles. The zero-order valence-electron chi connectivity index (χ0n) is 11.8. The number of aromatic nitrogens is 1. The Balaban J connectivity index is 1.90. The number of benzene rings is 2. The van der Waals surface area contributed by atoms with Crippen LogP contribution in [0.2, 0.25) is 0 Å². The first kappa shape index (κ1) is 13.8. The normalized spacial score (nSPS) is 10.1. The van der Waals surface area contributed by atoms with Gasteiger partial charge in [0.05, 0.1) is 23.7 Å². The number of pyridine rings is 1. The molecule has 2 aromatic carbocycles. The summed E-state index contributed by atoms with van der Waals surface area (Å²) in [5.41, 5.74) is 2.78. The van der Waals surface area contributed by atoms with Gasteiger partial charge in [-0.15, -0.1) is 0 Å². The summed E-state index contributed by atoms with van der Waals surface area (Å²) in [6.45, 7) is 0. The molecular weight excluding hydrogens is 274 g/mol. The van der Waals surface area contributed by atoms with Crippen LogP contribution in [-0.2, 0) is 6.42 Å². The number of fused-ring (bicyclic) bond motifs is 1. The van der Waals surface area contributed by atoms with Gasteiger partial charge in [-0.1, -0.05) is 30.3 Å². The summed E-state index contributed by atoms with van der Waals surface area (Å²) in [5.74, 6) is -0.210. The van der Waals surface area contributed by atoms with Gasteiger partial charge >= 0.3 is 0 Å². The highest BCUT2D eigenvalue weighted by molar-refractivity contribution is 6.08. The van der Waals surface area contributed by atoms with Crippen molar-refractivity contribution in [1.29, 1.82) is 5.26 Å². The quantitative estimate of drug-likeness (QED) is 0.801. The largest absolute Gasteiger partial charge is 0.320 e. The van der Waals surface area contributed by atoms with Crippen molar-refractivity contribution in [3.8, 4) is 6.07 Å². The lowest BCUT2D eigenvalue weighted by Crippen LogP contribution is -2.12. The maximum Gasteiger partial charge on any atom is 0.255 e. The van der Waals surface area contributed by atoms with E-state index < -0.39 is 0 Å². The molecule has 0 aliphatic rings. The van der Waals surface area contributed by atoms with Gasteiger partial charge in [-0.2, -0.15) is 5.26 Å². The number of nitrogens with one attached hydrogen (secondary N) is 1. The van der Waals surface area contributed by atoms with E-state index in [1.807, 2.05) is 36.4 Å². The van der Waals surface area contributed by atoms with Crippen LogP contribution < -0.4 is 5.32 Å². The molecule has 4 heteroatoms. The third-order valence-electron chi connectivity index (χ3n) is 3.35. The second kappa shape index (κ2) is 6.06. The van der Waals surface area contributed by atoms with E-state index in [0.29, 0.717) is 11.3 Å². The molecule has 0 aliphatic carbocycles. The summed E-state index contributed by atoms with van der Waals surface area (Å²) in [6.07, 6.45) is 1.99. The smallest absolute Gasteiger partial charge is 0.255 e. The van der Waals surface area contributed by atoms with Gasteiger partial charge in [0.1, 0.15) is 0 Å². The number of amides is 1. The van der Waals surface area contributed by atoms with Crippen molar-refractivity contribution in [1.82, 2.24) is 4.98 Å². The van der Waals surface area contributed by atoms with E-state index in [2.05, 4.69) is 16.4 Å². The average molecular weight is 287 g/mol. The van der Waals surface area contributed by atoms with Gasteiger partial charge in [-0.3, -0.25) is 9.78 Å². The zero-order chi connectivity index (χ0) is 15.4. The molecule has 0 fully saturated rings. The third-order valence-corrected chi connectivity index (χ3v) is 3.35. The minimum Gasteiger partial charge on any atom is -0.320 e. The van der Waals surface area contributed by atoms with Crippen molar-refractivity contribution in [2.75, 3.05) is 5.32 Å². The van der Waals surface area contributed by atoms with Crippen LogP contribution in [0.15, 0.2) is 60.8 Å².